The van der Waals surface area contributed by atoms with Gasteiger partial charge in [-0.15, -0.1) is 8.42 Å². The summed E-state index contributed by atoms with van der Waals surface area (Å²) in [6.45, 7) is 2.18. The number of rotatable bonds is 7. The maximum atomic E-state index is 11.3. The number of phenolic OH excluding ortho intramolecular Hbond substituents is 1. The van der Waals surface area contributed by atoms with Gasteiger partial charge in [-0.1, -0.05) is 45.1 Å². The highest BCUT2D eigenvalue weighted by Crippen LogP contribution is 2.45. The van der Waals surface area contributed by atoms with E-state index in [1.54, 1.807) is 6.07 Å². The van der Waals surface area contributed by atoms with Crippen molar-refractivity contribution in [2.24, 2.45) is 0 Å². The number of phenols is 1. The molecule has 20 heavy (non-hydrogen) atoms. The van der Waals surface area contributed by atoms with Gasteiger partial charge in [0.2, 0.25) is 5.75 Å². The number of hydrogen-bond acceptors (Lipinski definition) is 5. The molecule has 0 radical (unpaired) electrons. The van der Waals surface area contributed by atoms with Crippen LogP contribution in [0.2, 0.25) is 0 Å². The van der Waals surface area contributed by atoms with Crippen LogP contribution in [0.4, 0.5) is 0 Å². The van der Waals surface area contributed by atoms with Crippen molar-refractivity contribution < 1.29 is 21.9 Å². The molecule has 1 heterocycles. The molecule has 0 saturated heterocycles. The summed E-state index contributed by atoms with van der Waals surface area (Å²) in [4.78, 5) is 0. The minimum absolute atomic E-state index is 0.0894. The Kier molecular flexibility index (Phi) is 4.75. The van der Waals surface area contributed by atoms with E-state index in [-0.39, 0.29) is 17.2 Å². The average molecular weight is 300 g/mol. The first-order valence-electron chi connectivity index (χ1n) is 7.02. The third-order valence-corrected chi connectivity index (χ3v) is 4.08. The zero-order valence-corrected chi connectivity index (χ0v) is 12.4. The fourth-order valence-corrected chi connectivity index (χ4v) is 3.06. The Morgan fingerprint density at radius 1 is 1.00 bits per heavy atom. The molecule has 0 bridgehead atoms. The van der Waals surface area contributed by atoms with Crippen LogP contribution in [0.5, 0.6) is 17.2 Å². The molecule has 0 fully saturated rings. The lowest BCUT2D eigenvalue weighted by atomic mass is 10.0. The van der Waals surface area contributed by atoms with Gasteiger partial charge in [-0.2, -0.15) is 0 Å². The molecule has 0 unspecified atom stereocenters. The molecule has 0 amide bonds. The number of fused-ring (bicyclic) bond motifs is 1. The zero-order chi connectivity index (χ0) is 14.6. The Hall–Kier alpha value is -1.43. The third-order valence-electron chi connectivity index (χ3n) is 3.34. The largest absolute Gasteiger partial charge is 0.504 e. The zero-order valence-electron chi connectivity index (χ0n) is 11.6. The standard InChI is InChI=1S/C14H20O5S/c1-2-3-4-5-6-7-8-11-9-10-12(15)14-13(11)18-20(16,17)19-14/h9-10,15H,2-8H2,1H3. The maximum Gasteiger partial charge on any atom is 0.501 e. The average Bonchev–Trinajstić information content (AvgIpc) is 2.72. The van der Waals surface area contributed by atoms with Gasteiger partial charge in [0, 0.05) is 5.56 Å². The highest BCUT2D eigenvalue weighted by molar-refractivity contribution is 7.82. The molecule has 0 aliphatic carbocycles. The smallest absolute Gasteiger partial charge is 0.501 e. The van der Waals surface area contributed by atoms with E-state index in [1.807, 2.05) is 0 Å². The van der Waals surface area contributed by atoms with Gasteiger partial charge in [-0.3, -0.25) is 0 Å². The Balaban J connectivity index is 1.96. The molecule has 0 spiro atoms. The molecule has 0 atom stereocenters. The van der Waals surface area contributed by atoms with Crippen molar-refractivity contribution in [1.82, 2.24) is 0 Å². The van der Waals surface area contributed by atoms with E-state index in [1.165, 1.54) is 31.7 Å². The Bertz CT molecular complexity index is 565. The van der Waals surface area contributed by atoms with Gasteiger partial charge in [0.25, 0.3) is 0 Å². The van der Waals surface area contributed by atoms with Crippen molar-refractivity contribution in [3.05, 3.63) is 17.7 Å². The van der Waals surface area contributed by atoms with Gasteiger partial charge < -0.3 is 13.5 Å². The molecule has 0 saturated carbocycles. The molecule has 1 aliphatic heterocycles. The van der Waals surface area contributed by atoms with Crippen molar-refractivity contribution in [2.45, 2.75) is 51.9 Å². The Morgan fingerprint density at radius 3 is 2.40 bits per heavy atom. The summed E-state index contributed by atoms with van der Waals surface area (Å²) in [5.74, 6) is -0.167. The number of hydrogen-bond donors (Lipinski definition) is 1. The molecule has 1 aromatic rings. The van der Waals surface area contributed by atoms with Gasteiger partial charge in [0.15, 0.2) is 11.5 Å². The third kappa shape index (κ3) is 3.56. The van der Waals surface area contributed by atoms with Crippen LogP contribution in [0.1, 0.15) is 51.0 Å². The van der Waals surface area contributed by atoms with E-state index < -0.39 is 10.4 Å². The van der Waals surface area contributed by atoms with Crippen molar-refractivity contribution in [3.8, 4) is 17.2 Å². The molecule has 1 N–H and O–H groups in total. The van der Waals surface area contributed by atoms with Crippen LogP contribution in [0.3, 0.4) is 0 Å². The molecular formula is C14H20O5S. The lowest BCUT2D eigenvalue weighted by Gasteiger charge is -2.05. The van der Waals surface area contributed by atoms with Crippen LogP contribution in [0, 0.1) is 0 Å². The summed E-state index contributed by atoms with van der Waals surface area (Å²) in [6, 6.07) is 3.12. The Labute approximate surface area is 119 Å². The first-order chi connectivity index (χ1) is 9.53. The SMILES string of the molecule is CCCCCCCCc1ccc(O)c2c1OS(=O)(=O)O2. The van der Waals surface area contributed by atoms with Gasteiger partial charge in [0.05, 0.1) is 0 Å². The lowest BCUT2D eigenvalue weighted by molar-refractivity contribution is 0.419. The Morgan fingerprint density at radius 2 is 1.65 bits per heavy atom. The molecule has 0 aromatic heterocycles. The number of unbranched alkanes of at least 4 members (excludes halogenated alkanes) is 5. The monoisotopic (exact) mass is 300 g/mol. The maximum absolute atomic E-state index is 11.3. The van der Waals surface area contributed by atoms with E-state index in [4.69, 9.17) is 4.18 Å². The molecular weight excluding hydrogens is 280 g/mol. The second-order valence-electron chi connectivity index (χ2n) is 4.99. The second kappa shape index (κ2) is 6.35. The molecule has 1 aromatic carbocycles. The summed E-state index contributed by atoms with van der Waals surface area (Å²) in [5, 5.41) is 9.59. The van der Waals surface area contributed by atoms with Crippen LogP contribution in [0.25, 0.3) is 0 Å². The fraction of sp³-hybridized carbons (Fsp3) is 0.571. The normalized spacial score (nSPS) is 15.4. The summed E-state index contributed by atoms with van der Waals surface area (Å²) < 4.78 is 32.0. The predicted molar refractivity (Wildman–Crippen MR) is 75.4 cm³/mol. The van der Waals surface area contributed by atoms with Crippen molar-refractivity contribution in [3.63, 3.8) is 0 Å². The van der Waals surface area contributed by atoms with Crippen LogP contribution >= 0.6 is 0 Å². The second-order valence-corrected chi connectivity index (χ2v) is 6.14. The molecule has 6 heteroatoms. The highest BCUT2D eigenvalue weighted by Gasteiger charge is 2.33. The van der Waals surface area contributed by atoms with Gasteiger partial charge >= 0.3 is 10.4 Å². The summed E-state index contributed by atoms with van der Waals surface area (Å²) in [7, 11) is -4.05. The van der Waals surface area contributed by atoms with Crippen LogP contribution < -0.4 is 8.37 Å². The molecule has 112 valence electrons. The summed E-state index contributed by atoms with van der Waals surface area (Å²) in [6.07, 6.45) is 7.67. The number of benzene rings is 1. The van der Waals surface area contributed by atoms with E-state index in [0.29, 0.717) is 6.42 Å². The minimum Gasteiger partial charge on any atom is -0.504 e. The fourth-order valence-electron chi connectivity index (χ4n) is 2.28. The summed E-state index contributed by atoms with van der Waals surface area (Å²) in [5.41, 5.74) is 0.759. The van der Waals surface area contributed by atoms with Crippen LogP contribution in [-0.4, -0.2) is 13.5 Å². The topological polar surface area (TPSA) is 72.8 Å². The molecule has 5 nitrogen and oxygen atoms in total. The van der Waals surface area contributed by atoms with E-state index >= 15 is 0 Å². The van der Waals surface area contributed by atoms with Crippen molar-refractivity contribution in [1.29, 1.82) is 0 Å². The number of aromatic hydroxyl groups is 1. The first kappa shape index (κ1) is 15.0. The predicted octanol–water partition coefficient (Wildman–Crippen LogP) is 3.31. The summed E-state index contributed by atoms with van der Waals surface area (Å²) >= 11 is 0. The molecule has 1 aliphatic rings. The van der Waals surface area contributed by atoms with Gasteiger partial charge in [-0.05, 0) is 18.9 Å². The van der Waals surface area contributed by atoms with Gasteiger partial charge in [0.1, 0.15) is 0 Å². The van der Waals surface area contributed by atoms with E-state index in [0.717, 1.165) is 18.4 Å². The van der Waals surface area contributed by atoms with Crippen molar-refractivity contribution in [2.75, 3.05) is 0 Å². The quantitative estimate of drug-likeness (QED) is 0.782. The van der Waals surface area contributed by atoms with Crippen LogP contribution in [-0.2, 0) is 16.8 Å². The van der Waals surface area contributed by atoms with E-state index in [2.05, 4.69) is 11.1 Å². The van der Waals surface area contributed by atoms with Crippen molar-refractivity contribution >= 4 is 10.4 Å². The van der Waals surface area contributed by atoms with Gasteiger partial charge in [-0.25, -0.2) is 0 Å². The first-order valence-corrected chi connectivity index (χ1v) is 8.35. The highest BCUT2D eigenvalue weighted by atomic mass is 32.3. The van der Waals surface area contributed by atoms with E-state index in [9.17, 15) is 13.5 Å². The molecule has 2 rings (SSSR count). The lowest BCUT2D eigenvalue weighted by Crippen LogP contribution is -2.08. The number of aryl methyl sites for hydroxylation is 1. The van der Waals surface area contributed by atoms with Crippen LogP contribution in [0.15, 0.2) is 12.1 Å². The minimum atomic E-state index is -4.05.